The Morgan fingerprint density at radius 3 is 2.67 bits per heavy atom. The lowest BCUT2D eigenvalue weighted by Gasteiger charge is -2.09. The molecule has 1 N–H and O–H groups in total. The molecule has 0 fully saturated rings. The highest BCUT2D eigenvalue weighted by molar-refractivity contribution is 5.44. The quantitative estimate of drug-likeness (QED) is 0.677. The molecule has 0 amide bonds. The monoisotopic (exact) mass is 288 g/mol. The number of aromatic nitrogens is 2. The number of nitrogens with zero attached hydrogens (tertiary/aromatic N) is 3. The zero-order chi connectivity index (χ0) is 15.6. The first-order valence-electron chi connectivity index (χ1n) is 6.86. The maximum absolute atomic E-state index is 11.0. The van der Waals surface area contributed by atoms with Gasteiger partial charge in [-0.15, -0.1) is 0 Å². The van der Waals surface area contributed by atoms with Crippen LogP contribution in [0.2, 0.25) is 0 Å². The highest BCUT2D eigenvalue weighted by Gasteiger charge is 2.16. The van der Waals surface area contributed by atoms with E-state index in [1.54, 1.807) is 13.0 Å². The molecule has 0 bridgehead atoms. The third-order valence-corrected chi connectivity index (χ3v) is 3.82. The summed E-state index contributed by atoms with van der Waals surface area (Å²) in [5.41, 5.74) is 5.04. The van der Waals surface area contributed by atoms with Crippen LogP contribution in [-0.4, -0.2) is 21.8 Å². The van der Waals surface area contributed by atoms with Gasteiger partial charge < -0.3 is 5.32 Å². The standard InChI is InChI=1S/C15H20N4O2/c1-10-13(6-5-7-15(10)19(20)21)9-18-12(3)14(8-16-4)11(2)17-18/h5-7,16H,8-9H2,1-4H3. The minimum atomic E-state index is -0.341. The van der Waals surface area contributed by atoms with E-state index in [1.165, 1.54) is 11.6 Å². The van der Waals surface area contributed by atoms with E-state index in [9.17, 15) is 10.1 Å². The summed E-state index contributed by atoms with van der Waals surface area (Å²) in [6.45, 7) is 7.11. The molecule has 0 atom stereocenters. The fourth-order valence-electron chi connectivity index (χ4n) is 2.52. The van der Waals surface area contributed by atoms with E-state index >= 15 is 0 Å². The molecule has 0 saturated carbocycles. The Balaban J connectivity index is 2.37. The van der Waals surface area contributed by atoms with E-state index in [0.717, 1.165) is 23.5 Å². The number of benzene rings is 1. The maximum atomic E-state index is 11.0. The molecule has 0 spiro atoms. The van der Waals surface area contributed by atoms with Gasteiger partial charge in [-0.3, -0.25) is 14.8 Å². The number of aryl methyl sites for hydroxylation is 1. The predicted octanol–water partition coefficient (Wildman–Crippen LogP) is 2.48. The maximum Gasteiger partial charge on any atom is 0.272 e. The lowest BCUT2D eigenvalue weighted by Crippen LogP contribution is -2.09. The zero-order valence-corrected chi connectivity index (χ0v) is 12.8. The first kappa shape index (κ1) is 15.2. The molecule has 0 saturated heterocycles. The van der Waals surface area contributed by atoms with Gasteiger partial charge in [0.2, 0.25) is 0 Å². The van der Waals surface area contributed by atoms with Crippen molar-refractivity contribution in [2.45, 2.75) is 33.9 Å². The van der Waals surface area contributed by atoms with E-state index in [4.69, 9.17) is 0 Å². The van der Waals surface area contributed by atoms with Gasteiger partial charge in [0.1, 0.15) is 0 Å². The fourth-order valence-corrected chi connectivity index (χ4v) is 2.52. The van der Waals surface area contributed by atoms with Crippen LogP contribution in [-0.2, 0) is 13.1 Å². The van der Waals surface area contributed by atoms with Crippen molar-refractivity contribution in [1.29, 1.82) is 0 Å². The largest absolute Gasteiger partial charge is 0.316 e. The molecule has 6 nitrogen and oxygen atoms in total. The van der Waals surface area contributed by atoms with E-state index in [0.29, 0.717) is 12.1 Å². The Bertz CT molecular complexity index is 677. The van der Waals surface area contributed by atoms with Crippen LogP contribution < -0.4 is 5.32 Å². The van der Waals surface area contributed by atoms with Crippen LogP contribution in [0.4, 0.5) is 5.69 Å². The fraction of sp³-hybridized carbons (Fsp3) is 0.400. The molecular weight excluding hydrogens is 268 g/mol. The van der Waals surface area contributed by atoms with E-state index in [1.807, 2.05) is 31.6 Å². The zero-order valence-electron chi connectivity index (χ0n) is 12.8. The van der Waals surface area contributed by atoms with E-state index in [-0.39, 0.29) is 10.6 Å². The first-order chi connectivity index (χ1) is 9.95. The van der Waals surface area contributed by atoms with Gasteiger partial charge in [0.15, 0.2) is 0 Å². The van der Waals surface area contributed by atoms with Crippen LogP contribution in [0.25, 0.3) is 0 Å². The predicted molar refractivity (Wildman–Crippen MR) is 81.4 cm³/mol. The van der Waals surface area contributed by atoms with Crippen molar-refractivity contribution in [3.05, 3.63) is 56.4 Å². The van der Waals surface area contributed by atoms with Crippen LogP contribution in [0.5, 0.6) is 0 Å². The van der Waals surface area contributed by atoms with Crippen molar-refractivity contribution in [2.24, 2.45) is 0 Å². The summed E-state index contributed by atoms with van der Waals surface area (Å²) in [5, 5.41) is 18.7. The molecule has 1 aromatic carbocycles. The Kier molecular flexibility index (Phi) is 4.37. The van der Waals surface area contributed by atoms with E-state index < -0.39 is 0 Å². The summed E-state index contributed by atoms with van der Waals surface area (Å²) in [7, 11) is 1.90. The Hall–Kier alpha value is -2.21. The number of nitro benzene ring substituents is 1. The minimum absolute atomic E-state index is 0.157. The normalized spacial score (nSPS) is 10.9. The van der Waals surface area contributed by atoms with Gasteiger partial charge in [-0.1, -0.05) is 12.1 Å². The molecule has 2 aromatic rings. The lowest BCUT2D eigenvalue weighted by molar-refractivity contribution is -0.385. The van der Waals surface area contributed by atoms with Gasteiger partial charge >= 0.3 is 0 Å². The van der Waals surface area contributed by atoms with Gasteiger partial charge in [0.25, 0.3) is 5.69 Å². The number of nitrogens with one attached hydrogen (secondary N) is 1. The third kappa shape index (κ3) is 2.95. The van der Waals surface area contributed by atoms with Gasteiger partial charge in [-0.25, -0.2) is 0 Å². The molecule has 0 aliphatic rings. The summed E-state index contributed by atoms with van der Waals surface area (Å²) in [6.07, 6.45) is 0. The first-order valence-corrected chi connectivity index (χ1v) is 6.86. The molecule has 0 radical (unpaired) electrons. The second kappa shape index (κ2) is 6.05. The second-order valence-corrected chi connectivity index (χ2v) is 5.16. The van der Waals surface area contributed by atoms with Crippen molar-refractivity contribution in [3.63, 3.8) is 0 Å². The third-order valence-electron chi connectivity index (χ3n) is 3.82. The lowest BCUT2D eigenvalue weighted by atomic mass is 10.1. The summed E-state index contributed by atoms with van der Waals surface area (Å²) in [5.74, 6) is 0. The van der Waals surface area contributed by atoms with Crippen molar-refractivity contribution in [2.75, 3.05) is 7.05 Å². The summed E-state index contributed by atoms with van der Waals surface area (Å²) in [6, 6.07) is 5.17. The summed E-state index contributed by atoms with van der Waals surface area (Å²) < 4.78 is 1.91. The van der Waals surface area contributed by atoms with E-state index in [2.05, 4.69) is 10.4 Å². The highest BCUT2D eigenvalue weighted by Crippen LogP contribution is 2.23. The minimum Gasteiger partial charge on any atom is -0.316 e. The molecule has 0 aliphatic heterocycles. The topological polar surface area (TPSA) is 73.0 Å². The molecule has 112 valence electrons. The average Bonchev–Trinajstić information content (AvgIpc) is 2.69. The van der Waals surface area contributed by atoms with Crippen molar-refractivity contribution < 1.29 is 4.92 Å². The van der Waals surface area contributed by atoms with Crippen molar-refractivity contribution in [1.82, 2.24) is 15.1 Å². The summed E-state index contributed by atoms with van der Waals surface area (Å²) >= 11 is 0. The summed E-state index contributed by atoms with van der Waals surface area (Å²) in [4.78, 5) is 10.7. The van der Waals surface area contributed by atoms with Gasteiger partial charge in [0, 0.05) is 29.4 Å². The SMILES string of the molecule is CNCc1c(C)nn(Cc2cccc([N+](=O)[O-])c2C)c1C. The number of hydrogen-bond donors (Lipinski definition) is 1. The van der Waals surface area contributed by atoms with Gasteiger partial charge in [0.05, 0.1) is 17.2 Å². The average molecular weight is 288 g/mol. The molecule has 1 heterocycles. The number of hydrogen-bond acceptors (Lipinski definition) is 4. The van der Waals surface area contributed by atoms with Crippen LogP contribution >= 0.6 is 0 Å². The highest BCUT2D eigenvalue weighted by atomic mass is 16.6. The van der Waals surface area contributed by atoms with Crippen LogP contribution in [0.15, 0.2) is 18.2 Å². The van der Waals surface area contributed by atoms with Gasteiger partial charge in [-0.05, 0) is 33.4 Å². The van der Waals surface area contributed by atoms with Crippen LogP contribution in [0.1, 0.15) is 28.1 Å². The smallest absolute Gasteiger partial charge is 0.272 e. The Labute approximate surface area is 123 Å². The Morgan fingerprint density at radius 2 is 2.05 bits per heavy atom. The molecule has 0 aliphatic carbocycles. The van der Waals surface area contributed by atoms with Gasteiger partial charge in [-0.2, -0.15) is 5.10 Å². The molecule has 1 aromatic heterocycles. The number of nitro groups is 1. The second-order valence-electron chi connectivity index (χ2n) is 5.16. The van der Waals surface area contributed by atoms with Crippen LogP contribution in [0.3, 0.4) is 0 Å². The molecule has 0 unspecified atom stereocenters. The van der Waals surface area contributed by atoms with Crippen molar-refractivity contribution in [3.8, 4) is 0 Å². The Morgan fingerprint density at radius 1 is 1.33 bits per heavy atom. The molecule has 2 rings (SSSR count). The molecule has 6 heteroatoms. The molecule has 21 heavy (non-hydrogen) atoms. The number of rotatable bonds is 5. The van der Waals surface area contributed by atoms with Crippen molar-refractivity contribution >= 4 is 5.69 Å². The van der Waals surface area contributed by atoms with Crippen LogP contribution in [0, 0.1) is 30.9 Å². The molecular formula is C15H20N4O2.